The minimum atomic E-state index is -3.72. The van der Waals surface area contributed by atoms with E-state index in [9.17, 15) is 13.2 Å². The lowest BCUT2D eigenvalue weighted by Gasteiger charge is -2.17. The van der Waals surface area contributed by atoms with Crippen molar-refractivity contribution in [2.45, 2.75) is 18.2 Å². The summed E-state index contributed by atoms with van der Waals surface area (Å²) in [6, 6.07) is 11.7. The van der Waals surface area contributed by atoms with Crippen LogP contribution >= 0.6 is 22.9 Å². The van der Waals surface area contributed by atoms with Crippen molar-refractivity contribution >= 4 is 44.4 Å². The third kappa shape index (κ3) is 3.70. The van der Waals surface area contributed by atoms with Crippen LogP contribution in [-0.2, 0) is 21.1 Å². The Morgan fingerprint density at radius 2 is 1.96 bits per heavy atom. The molecule has 28 heavy (non-hydrogen) atoms. The predicted octanol–water partition coefficient (Wildman–Crippen LogP) is 4.13. The zero-order chi connectivity index (χ0) is 19.9. The molecule has 8 heteroatoms. The lowest BCUT2D eigenvalue weighted by Crippen LogP contribution is -2.34. The molecule has 0 spiro atoms. The van der Waals surface area contributed by atoms with Gasteiger partial charge >= 0.3 is 0 Å². The number of hydrogen-bond acceptors (Lipinski definition) is 5. The van der Waals surface area contributed by atoms with E-state index in [1.54, 1.807) is 16.2 Å². The van der Waals surface area contributed by atoms with Crippen molar-refractivity contribution in [2.75, 3.05) is 17.2 Å². The summed E-state index contributed by atoms with van der Waals surface area (Å²) in [4.78, 5) is 18.9. The van der Waals surface area contributed by atoms with E-state index in [0.717, 1.165) is 27.5 Å². The topological polar surface area (TPSA) is 67.3 Å². The number of aryl methyl sites for hydroxylation is 1. The Hall–Kier alpha value is -2.22. The highest BCUT2D eigenvalue weighted by molar-refractivity contribution is 7.92. The first-order chi connectivity index (χ1) is 13.3. The number of thiazole rings is 1. The number of benzene rings is 2. The Labute approximate surface area is 172 Å². The first-order valence-electron chi connectivity index (χ1n) is 8.67. The van der Waals surface area contributed by atoms with Crippen LogP contribution in [0.4, 0.5) is 5.69 Å². The largest absolute Gasteiger partial charge is 0.311 e. The molecule has 0 bridgehead atoms. The molecular weight excluding hydrogens is 416 g/mol. The van der Waals surface area contributed by atoms with Crippen molar-refractivity contribution in [2.24, 2.45) is 0 Å². The number of nitrogens with zero attached hydrogens (tertiary/aromatic N) is 2. The van der Waals surface area contributed by atoms with Crippen LogP contribution in [-0.4, -0.2) is 31.6 Å². The minimum absolute atomic E-state index is 0.0962. The zero-order valence-electron chi connectivity index (χ0n) is 15.1. The van der Waals surface area contributed by atoms with Crippen LogP contribution in [0.25, 0.3) is 11.3 Å². The molecule has 3 aromatic rings. The molecule has 1 amide bonds. The number of hydrogen-bond donors (Lipinski definition) is 0. The molecule has 4 rings (SSSR count). The van der Waals surface area contributed by atoms with E-state index in [1.165, 1.54) is 24.3 Å². The molecule has 2 aromatic carbocycles. The van der Waals surface area contributed by atoms with Gasteiger partial charge in [0.05, 0.1) is 15.6 Å². The Morgan fingerprint density at radius 1 is 1.21 bits per heavy atom. The van der Waals surface area contributed by atoms with Gasteiger partial charge in [0.1, 0.15) is 5.75 Å². The Balaban J connectivity index is 1.55. The van der Waals surface area contributed by atoms with Gasteiger partial charge in [-0.3, -0.25) is 4.79 Å². The van der Waals surface area contributed by atoms with Crippen LogP contribution < -0.4 is 4.90 Å². The first kappa shape index (κ1) is 19.1. The summed E-state index contributed by atoms with van der Waals surface area (Å²) in [5, 5.41) is 3.46. The molecule has 0 aliphatic carbocycles. The zero-order valence-corrected chi connectivity index (χ0v) is 17.4. The second kappa shape index (κ2) is 7.31. The van der Waals surface area contributed by atoms with Gasteiger partial charge in [-0.1, -0.05) is 17.7 Å². The molecule has 0 radical (unpaired) electrons. The van der Waals surface area contributed by atoms with Gasteiger partial charge in [-0.25, -0.2) is 13.4 Å². The number of carbonyl (C=O) groups excluding carboxylic acids is 1. The molecule has 1 aliphatic rings. The van der Waals surface area contributed by atoms with Crippen LogP contribution in [0.3, 0.4) is 0 Å². The van der Waals surface area contributed by atoms with Gasteiger partial charge in [0.25, 0.3) is 0 Å². The summed E-state index contributed by atoms with van der Waals surface area (Å²) in [7, 11) is -3.72. The molecule has 0 saturated heterocycles. The second-order valence-corrected chi connectivity index (χ2v) is 10.1. The second-order valence-electron chi connectivity index (χ2n) is 6.60. The highest BCUT2D eigenvalue weighted by Gasteiger charge is 2.29. The summed E-state index contributed by atoms with van der Waals surface area (Å²) in [6.07, 6.45) is 0.693. The van der Waals surface area contributed by atoms with Crippen molar-refractivity contribution in [3.8, 4) is 11.3 Å². The van der Waals surface area contributed by atoms with E-state index in [-0.39, 0.29) is 4.90 Å². The van der Waals surface area contributed by atoms with Gasteiger partial charge in [-0.2, -0.15) is 0 Å². The number of amides is 1. The van der Waals surface area contributed by atoms with E-state index >= 15 is 0 Å². The average Bonchev–Trinajstić information content (AvgIpc) is 3.27. The van der Waals surface area contributed by atoms with E-state index < -0.39 is 21.5 Å². The minimum Gasteiger partial charge on any atom is -0.311 e. The number of sulfone groups is 1. The highest BCUT2D eigenvalue weighted by Crippen LogP contribution is 2.33. The lowest BCUT2D eigenvalue weighted by atomic mass is 10.1. The molecule has 144 valence electrons. The summed E-state index contributed by atoms with van der Waals surface area (Å²) < 4.78 is 25.1. The third-order valence-electron chi connectivity index (χ3n) is 4.68. The van der Waals surface area contributed by atoms with Crippen molar-refractivity contribution in [1.29, 1.82) is 0 Å². The normalized spacial score (nSPS) is 13.6. The van der Waals surface area contributed by atoms with E-state index in [0.29, 0.717) is 18.0 Å². The first-order valence-corrected chi connectivity index (χ1v) is 11.6. The van der Waals surface area contributed by atoms with Crippen molar-refractivity contribution < 1.29 is 13.2 Å². The SMILES string of the molecule is Cc1nc(-c2ccc3c(c2)CCN3C(=O)CS(=O)(=O)c2ccc(Cl)cc2)cs1. The fraction of sp³-hybridized carbons (Fsp3) is 0.200. The van der Waals surface area contributed by atoms with Gasteiger partial charge in [-0.15, -0.1) is 11.3 Å². The third-order valence-corrected chi connectivity index (χ3v) is 7.32. The van der Waals surface area contributed by atoms with Gasteiger partial charge in [-0.05, 0) is 55.3 Å². The molecule has 1 aliphatic heterocycles. The van der Waals surface area contributed by atoms with Crippen molar-refractivity contribution in [1.82, 2.24) is 4.98 Å². The van der Waals surface area contributed by atoms with Crippen molar-refractivity contribution in [3.05, 3.63) is 63.4 Å². The molecule has 2 heterocycles. The molecular formula is C20H17ClN2O3S2. The number of carbonyl (C=O) groups is 1. The van der Waals surface area contributed by atoms with Gasteiger partial charge in [0.15, 0.2) is 9.84 Å². The fourth-order valence-corrected chi connectivity index (χ4v) is 5.23. The molecule has 5 nitrogen and oxygen atoms in total. The summed E-state index contributed by atoms with van der Waals surface area (Å²) >= 11 is 7.40. The molecule has 1 aromatic heterocycles. The number of anilines is 1. The predicted molar refractivity (Wildman–Crippen MR) is 112 cm³/mol. The van der Waals surface area contributed by atoms with Crippen LogP contribution in [0.2, 0.25) is 5.02 Å². The highest BCUT2D eigenvalue weighted by atomic mass is 35.5. The smallest absolute Gasteiger partial charge is 0.242 e. The Kier molecular flexibility index (Phi) is 4.99. The average molecular weight is 433 g/mol. The molecule has 0 fully saturated rings. The molecule has 0 unspecified atom stereocenters. The maximum Gasteiger partial charge on any atom is 0.242 e. The molecule has 0 N–H and O–H groups in total. The van der Waals surface area contributed by atoms with Gasteiger partial charge < -0.3 is 4.90 Å². The van der Waals surface area contributed by atoms with E-state index in [2.05, 4.69) is 4.98 Å². The number of rotatable bonds is 4. The Morgan fingerprint density at radius 3 is 2.64 bits per heavy atom. The van der Waals surface area contributed by atoms with Crippen molar-refractivity contribution in [3.63, 3.8) is 0 Å². The van der Waals surface area contributed by atoms with Gasteiger partial charge in [0.2, 0.25) is 5.91 Å². The number of halogens is 1. The number of fused-ring (bicyclic) bond motifs is 1. The monoisotopic (exact) mass is 432 g/mol. The van der Waals surface area contributed by atoms with Crippen LogP contribution in [0.5, 0.6) is 0 Å². The lowest BCUT2D eigenvalue weighted by molar-refractivity contribution is -0.116. The van der Waals surface area contributed by atoms with Gasteiger partial charge in [0, 0.05) is 28.2 Å². The quantitative estimate of drug-likeness (QED) is 0.621. The summed E-state index contributed by atoms with van der Waals surface area (Å²) in [5.41, 5.74) is 3.72. The molecule has 0 atom stereocenters. The maximum absolute atomic E-state index is 12.7. The van der Waals surface area contributed by atoms with E-state index in [4.69, 9.17) is 11.6 Å². The maximum atomic E-state index is 12.7. The summed E-state index contributed by atoms with van der Waals surface area (Å²) in [5.74, 6) is -0.993. The van der Waals surface area contributed by atoms with E-state index in [1.807, 2.05) is 30.5 Å². The summed E-state index contributed by atoms with van der Waals surface area (Å²) in [6.45, 7) is 2.44. The standard InChI is InChI=1S/C20H17ClN2O3S2/c1-13-22-18(11-27-13)14-2-7-19-15(10-14)8-9-23(19)20(24)12-28(25,26)17-5-3-16(21)4-6-17/h2-7,10-11H,8-9,12H2,1H3. The van der Waals surface area contributed by atoms with Crippen LogP contribution in [0.15, 0.2) is 52.7 Å². The fourth-order valence-electron chi connectivity index (χ4n) is 3.28. The number of aromatic nitrogens is 1. The van der Waals surface area contributed by atoms with Crippen LogP contribution in [0, 0.1) is 6.92 Å². The molecule has 0 saturated carbocycles. The Bertz CT molecular complexity index is 1150. The van der Waals surface area contributed by atoms with Crippen LogP contribution in [0.1, 0.15) is 10.6 Å².